The molecule has 0 spiro atoms. The van der Waals surface area contributed by atoms with Crippen LogP contribution in [0.4, 0.5) is 0 Å². The Morgan fingerprint density at radius 3 is 2.59 bits per heavy atom. The van der Waals surface area contributed by atoms with E-state index >= 15 is 0 Å². The van der Waals surface area contributed by atoms with Gasteiger partial charge in [0.1, 0.15) is 0 Å². The third kappa shape index (κ3) is 3.90. The Morgan fingerprint density at radius 2 is 1.82 bits per heavy atom. The Kier molecular flexibility index (Phi) is 5.51. The normalized spacial score (nSPS) is 16.0. The molecule has 2 heterocycles. The number of benzene rings is 1. The minimum absolute atomic E-state index is 0.944. The molecule has 0 saturated carbocycles. The Morgan fingerprint density at radius 1 is 1.05 bits per heavy atom. The molecule has 1 aliphatic heterocycles. The Balaban J connectivity index is 1.50. The van der Waals surface area contributed by atoms with Crippen molar-refractivity contribution in [3.05, 3.63) is 30.3 Å². The molecular formula is C17H24N4S. The van der Waals surface area contributed by atoms with Crippen LogP contribution in [-0.2, 0) is 7.05 Å². The Bertz CT molecular complexity index is 576. The van der Waals surface area contributed by atoms with Crippen LogP contribution in [0, 0.1) is 0 Å². The average molecular weight is 316 g/mol. The molecule has 1 fully saturated rings. The van der Waals surface area contributed by atoms with Gasteiger partial charge in [-0.15, -0.1) is 10.2 Å². The van der Waals surface area contributed by atoms with Gasteiger partial charge in [-0.25, -0.2) is 0 Å². The van der Waals surface area contributed by atoms with Crippen LogP contribution in [0.15, 0.2) is 35.5 Å². The lowest BCUT2D eigenvalue weighted by molar-refractivity contribution is 0.230. The summed E-state index contributed by atoms with van der Waals surface area (Å²) in [5.74, 6) is 2.05. The van der Waals surface area contributed by atoms with Gasteiger partial charge in [-0.1, -0.05) is 48.5 Å². The lowest BCUT2D eigenvalue weighted by Crippen LogP contribution is -2.30. The van der Waals surface area contributed by atoms with Gasteiger partial charge >= 0.3 is 0 Å². The van der Waals surface area contributed by atoms with E-state index < -0.39 is 0 Å². The molecule has 0 radical (unpaired) electrons. The van der Waals surface area contributed by atoms with E-state index in [1.807, 2.05) is 30.0 Å². The summed E-state index contributed by atoms with van der Waals surface area (Å²) < 4.78 is 2.10. The van der Waals surface area contributed by atoms with Crippen molar-refractivity contribution in [1.82, 2.24) is 19.7 Å². The zero-order chi connectivity index (χ0) is 15.2. The predicted octanol–water partition coefficient (Wildman–Crippen LogP) is 3.45. The molecule has 22 heavy (non-hydrogen) atoms. The molecule has 0 bridgehead atoms. The first-order chi connectivity index (χ1) is 10.8. The van der Waals surface area contributed by atoms with E-state index in [1.54, 1.807) is 0 Å². The predicted molar refractivity (Wildman–Crippen MR) is 92.1 cm³/mol. The van der Waals surface area contributed by atoms with Gasteiger partial charge in [-0.05, 0) is 38.9 Å². The van der Waals surface area contributed by atoms with E-state index in [0.717, 1.165) is 22.3 Å². The summed E-state index contributed by atoms with van der Waals surface area (Å²) in [5, 5.41) is 9.69. The molecule has 2 aromatic rings. The third-order valence-electron chi connectivity index (χ3n) is 4.17. The topological polar surface area (TPSA) is 34.0 Å². The maximum atomic E-state index is 4.34. The minimum Gasteiger partial charge on any atom is -0.305 e. The summed E-state index contributed by atoms with van der Waals surface area (Å²) in [5.41, 5.74) is 1.12. The zero-order valence-corrected chi connectivity index (χ0v) is 14.1. The number of likely N-dealkylation sites (tertiary alicyclic amines) is 1. The number of hydrogen-bond donors (Lipinski definition) is 0. The second kappa shape index (κ2) is 7.79. The van der Waals surface area contributed by atoms with Crippen molar-refractivity contribution in [2.75, 3.05) is 25.4 Å². The van der Waals surface area contributed by atoms with Crippen molar-refractivity contribution in [3.8, 4) is 11.4 Å². The summed E-state index contributed by atoms with van der Waals surface area (Å²) >= 11 is 1.81. The molecule has 0 aliphatic carbocycles. The quantitative estimate of drug-likeness (QED) is 0.604. The summed E-state index contributed by atoms with van der Waals surface area (Å²) in [7, 11) is 2.05. The second-order valence-corrected chi connectivity index (χ2v) is 6.90. The second-order valence-electron chi connectivity index (χ2n) is 5.84. The molecule has 1 aromatic carbocycles. The summed E-state index contributed by atoms with van der Waals surface area (Å²) in [6, 6.07) is 10.3. The lowest BCUT2D eigenvalue weighted by atomic mass is 10.1. The van der Waals surface area contributed by atoms with E-state index in [2.05, 4.69) is 38.8 Å². The Labute approximate surface area is 136 Å². The number of hydrogen-bond acceptors (Lipinski definition) is 4. The molecule has 0 amide bonds. The summed E-state index contributed by atoms with van der Waals surface area (Å²) in [6.07, 6.45) is 5.37. The molecule has 0 unspecified atom stereocenters. The van der Waals surface area contributed by atoms with Gasteiger partial charge in [0.25, 0.3) is 0 Å². The third-order valence-corrected chi connectivity index (χ3v) is 5.27. The van der Waals surface area contributed by atoms with Crippen LogP contribution in [0.3, 0.4) is 0 Å². The highest BCUT2D eigenvalue weighted by Gasteiger charge is 2.12. The molecular weight excluding hydrogens is 292 g/mol. The van der Waals surface area contributed by atoms with Gasteiger partial charge in [0, 0.05) is 18.4 Å². The average Bonchev–Trinajstić information content (AvgIpc) is 2.94. The van der Waals surface area contributed by atoms with Crippen molar-refractivity contribution < 1.29 is 0 Å². The van der Waals surface area contributed by atoms with Gasteiger partial charge in [0.15, 0.2) is 11.0 Å². The fourth-order valence-corrected chi connectivity index (χ4v) is 3.75. The van der Waals surface area contributed by atoms with Gasteiger partial charge in [-0.3, -0.25) is 0 Å². The number of aromatic nitrogens is 3. The first-order valence-electron chi connectivity index (χ1n) is 8.14. The van der Waals surface area contributed by atoms with Crippen molar-refractivity contribution in [3.63, 3.8) is 0 Å². The highest BCUT2D eigenvalue weighted by Crippen LogP contribution is 2.23. The fourth-order valence-electron chi connectivity index (χ4n) is 2.91. The van der Waals surface area contributed by atoms with E-state index in [9.17, 15) is 0 Å². The molecule has 1 aromatic heterocycles. The first kappa shape index (κ1) is 15.6. The number of thioether (sulfide) groups is 1. The molecule has 118 valence electrons. The maximum absolute atomic E-state index is 4.34. The first-order valence-corrected chi connectivity index (χ1v) is 9.13. The lowest BCUT2D eigenvalue weighted by Gasteiger charge is -2.26. The van der Waals surface area contributed by atoms with Crippen molar-refractivity contribution >= 4 is 11.8 Å². The van der Waals surface area contributed by atoms with Gasteiger partial charge < -0.3 is 9.47 Å². The molecule has 4 nitrogen and oxygen atoms in total. The van der Waals surface area contributed by atoms with Crippen LogP contribution in [0.25, 0.3) is 11.4 Å². The highest BCUT2D eigenvalue weighted by atomic mass is 32.2. The molecule has 1 aliphatic rings. The maximum Gasteiger partial charge on any atom is 0.191 e. The number of piperidine rings is 1. The SMILES string of the molecule is Cn1c(SCCCN2CCCCC2)nnc1-c1ccccc1. The van der Waals surface area contributed by atoms with E-state index in [1.165, 1.54) is 45.3 Å². The summed E-state index contributed by atoms with van der Waals surface area (Å²) in [6.45, 7) is 3.79. The summed E-state index contributed by atoms with van der Waals surface area (Å²) in [4.78, 5) is 2.59. The molecule has 1 saturated heterocycles. The van der Waals surface area contributed by atoms with Gasteiger partial charge in [-0.2, -0.15) is 0 Å². The smallest absolute Gasteiger partial charge is 0.191 e. The molecule has 3 rings (SSSR count). The van der Waals surface area contributed by atoms with Gasteiger partial charge in [0.05, 0.1) is 0 Å². The van der Waals surface area contributed by atoms with Crippen LogP contribution < -0.4 is 0 Å². The van der Waals surface area contributed by atoms with E-state index in [4.69, 9.17) is 0 Å². The number of nitrogens with zero attached hydrogens (tertiary/aromatic N) is 4. The van der Waals surface area contributed by atoms with Crippen LogP contribution in [0.5, 0.6) is 0 Å². The Hall–Kier alpha value is -1.33. The largest absolute Gasteiger partial charge is 0.305 e. The molecule has 5 heteroatoms. The molecule has 0 atom stereocenters. The van der Waals surface area contributed by atoms with Crippen molar-refractivity contribution in [2.45, 2.75) is 30.8 Å². The van der Waals surface area contributed by atoms with Crippen molar-refractivity contribution in [1.29, 1.82) is 0 Å². The fraction of sp³-hybridized carbons (Fsp3) is 0.529. The van der Waals surface area contributed by atoms with Crippen LogP contribution in [0.2, 0.25) is 0 Å². The van der Waals surface area contributed by atoms with Gasteiger partial charge in [0.2, 0.25) is 0 Å². The molecule has 0 N–H and O–H groups in total. The highest BCUT2D eigenvalue weighted by molar-refractivity contribution is 7.99. The van der Waals surface area contributed by atoms with Crippen molar-refractivity contribution in [2.24, 2.45) is 7.05 Å². The zero-order valence-electron chi connectivity index (χ0n) is 13.2. The van der Waals surface area contributed by atoms with E-state index in [-0.39, 0.29) is 0 Å². The monoisotopic (exact) mass is 316 g/mol. The minimum atomic E-state index is 0.944. The van der Waals surface area contributed by atoms with E-state index in [0.29, 0.717) is 0 Å². The van der Waals surface area contributed by atoms with Crippen LogP contribution in [0.1, 0.15) is 25.7 Å². The van der Waals surface area contributed by atoms with Crippen LogP contribution >= 0.6 is 11.8 Å². The standard InChI is InChI=1S/C17H24N4S/c1-20-16(15-9-4-2-5-10-15)18-19-17(20)22-14-8-13-21-11-6-3-7-12-21/h2,4-5,9-10H,3,6-8,11-14H2,1H3. The number of rotatable bonds is 6. The van der Waals surface area contributed by atoms with Crippen LogP contribution in [-0.4, -0.2) is 45.1 Å².